The molecule has 0 aromatic heterocycles. The molecule has 0 fully saturated rings. The van der Waals surface area contributed by atoms with Crippen molar-refractivity contribution in [1.82, 2.24) is 0 Å². The van der Waals surface area contributed by atoms with Crippen molar-refractivity contribution in [3.8, 4) is 5.75 Å². The van der Waals surface area contributed by atoms with Crippen LogP contribution in [-0.4, -0.2) is 18.5 Å². The van der Waals surface area contributed by atoms with E-state index in [0.717, 1.165) is 36.5 Å². The molecule has 0 amide bonds. The molecule has 0 saturated carbocycles. The number of aliphatic imine (C=N–C) groups is 1. The number of esters is 1. The molecule has 7 heteroatoms. The number of benzene rings is 3. The molecule has 1 aliphatic rings. The van der Waals surface area contributed by atoms with E-state index in [1.54, 1.807) is 6.08 Å². The monoisotopic (exact) mass is 617 g/mol. The van der Waals surface area contributed by atoms with E-state index in [9.17, 15) is 4.79 Å². The number of halogens is 3. The summed E-state index contributed by atoms with van der Waals surface area (Å²) >= 11 is 10.6. The highest BCUT2D eigenvalue weighted by atomic mass is 79.9. The molecule has 1 heterocycles. The van der Waals surface area contributed by atoms with Gasteiger partial charge in [0.15, 0.2) is 5.70 Å². The van der Waals surface area contributed by atoms with Crippen LogP contribution in [0.2, 0.25) is 0 Å². The Hall–Kier alpha value is -2.22. The predicted octanol–water partition coefficient (Wildman–Crippen LogP) is 7.25. The fraction of sp³-hybridized carbons (Fsp3) is 0.120. The molecule has 0 spiro atoms. The topological polar surface area (TPSA) is 47.9 Å². The second-order valence-electron chi connectivity index (χ2n) is 7.20. The summed E-state index contributed by atoms with van der Waals surface area (Å²) in [6.07, 6.45) is 2.51. The van der Waals surface area contributed by atoms with Gasteiger partial charge in [0.25, 0.3) is 0 Å². The summed E-state index contributed by atoms with van der Waals surface area (Å²) in [5, 5.41) is 0. The summed E-state index contributed by atoms with van der Waals surface area (Å²) in [5.41, 5.74) is 4.05. The van der Waals surface area contributed by atoms with Crippen LogP contribution < -0.4 is 4.74 Å². The van der Waals surface area contributed by atoms with E-state index in [1.807, 2.05) is 55.5 Å². The molecule has 0 unspecified atom stereocenters. The minimum absolute atomic E-state index is 0.247. The molecule has 162 valence electrons. The van der Waals surface area contributed by atoms with Gasteiger partial charge in [0.2, 0.25) is 5.90 Å². The van der Waals surface area contributed by atoms with E-state index in [4.69, 9.17) is 9.47 Å². The fourth-order valence-electron chi connectivity index (χ4n) is 3.18. The van der Waals surface area contributed by atoms with Crippen LogP contribution in [0, 0.1) is 6.92 Å². The Balaban J connectivity index is 1.51. The van der Waals surface area contributed by atoms with Crippen LogP contribution in [0.4, 0.5) is 0 Å². The average Bonchev–Trinajstić information content (AvgIpc) is 3.13. The Bertz CT molecular complexity index is 1210. The zero-order valence-electron chi connectivity index (χ0n) is 17.1. The van der Waals surface area contributed by atoms with Crippen LogP contribution in [0.1, 0.15) is 22.3 Å². The summed E-state index contributed by atoms with van der Waals surface area (Å²) in [6.45, 7) is 2.52. The fourth-order valence-corrected chi connectivity index (χ4v) is 4.88. The lowest BCUT2D eigenvalue weighted by molar-refractivity contribution is -0.129. The van der Waals surface area contributed by atoms with Gasteiger partial charge in [-0.1, -0.05) is 46.3 Å². The van der Waals surface area contributed by atoms with E-state index >= 15 is 0 Å². The Morgan fingerprint density at radius 1 is 0.969 bits per heavy atom. The minimum atomic E-state index is -0.476. The predicted molar refractivity (Wildman–Crippen MR) is 137 cm³/mol. The Morgan fingerprint density at radius 2 is 1.69 bits per heavy atom. The van der Waals surface area contributed by atoms with E-state index in [-0.39, 0.29) is 5.70 Å². The molecule has 4 nitrogen and oxygen atoms in total. The van der Waals surface area contributed by atoms with Crippen LogP contribution >= 0.6 is 47.8 Å². The van der Waals surface area contributed by atoms with E-state index in [1.165, 1.54) is 5.56 Å². The summed E-state index contributed by atoms with van der Waals surface area (Å²) in [6, 6.07) is 19.7. The summed E-state index contributed by atoms with van der Waals surface area (Å²) in [5.74, 6) is 0.540. The molecule has 3 aromatic rings. The van der Waals surface area contributed by atoms with Crippen molar-refractivity contribution in [1.29, 1.82) is 0 Å². The summed E-state index contributed by atoms with van der Waals surface area (Å²) in [4.78, 5) is 16.8. The normalized spacial score (nSPS) is 14.4. The lowest BCUT2D eigenvalue weighted by Gasteiger charge is -2.11. The minimum Gasteiger partial charge on any atom is -0.491 e. The highest BCUT2D eigenvalue weighted by Crippen LogP contribution is 2.36. The molecule has 0 aliphatic carbocycles. The molecular formula is C25H18Br3NO3. The number of aryl methyl sites for hydroxylation is 1. The molecule has 0 radical (unpaired) electrons. The summed E-state index contributed by atoms with van der Waals surface area (Å²) in [7, 11) is 0. The third kappa shape index (κ3) is 5.39. The zero-order chi connectivity index (χ0) is 22.7. The molecule has 32 heavy (non-hydrogen) atoms. The molecule has 3 aromatic carbocycles. The van der Waals surface area contributed by atoms with Gasteiger partial charge >= 0.3 is 5.97 Å². The Labute approximate surface area is 211 Å². The van der Waals surface area contributed by atoms with Gasteiger partial charge in [-0.15, -0.1) is 0 Å². The summed E-state index contributed by atoms with van der Waals surface area (Å²) < 4.78 is 13.9. The zero-order valence-corrected chi connectivity index (χ0v) is 21.8. The van der Waals surface area contributed by atoms with Crippen LogP contribution in [0.25, 0.3) is 6.08 Å². The second kappa shape index (κ2) is 10.1. The number of nitrogens with zero attached hydrogens (tertiary/aromatic N) is 1. The number of hydrogen-bond donors (Lipinski definition) is 0. The van der Waals surface area contributed by atoms with Crippen LogP contribution in [0.3, 0.4) is 0 Å². The van der Waals surface area contributed by atoms with Crippen molar-refractivity contribution >= 4 is 65.7 Å². The van der Waals surface area contributed by atoms with Gasteiger partial charge in [0.05, 0.1) is 15.6 Å². The lowest BCUT2D eigenvalue weighted by Crippen LogP contribution is -2.05. The Morgan fingerprint density at radius 3 is 2.38 bits per heavy atom. The molecule has 0 N–H and O–H groups in total. The first-order valence-corrected chi connectivity index (χ1v) is 12.2. The van der Waals surface area contributed by atoms with Crippen molar-refractivity contribution in [3.05, 3.63) is 102 Å². The molecule has 1 aliphatic heterocycles. The highest BCUT2D eigenvalue weighted by Gasteiger charge is 2.24. The third-order valence-electron chi connectivity index (χ3n) is 4.83. The first kappa shape index (κ1) is 23.0. The number of rotatable bonds is 6. The van der Waals surface area contributed by atoms with Crippen LogP contribution in [0.5, 0.6) is 5.75 Å². The van der Waals surface area contributed by atoms with Gasteiger partial charge in [0, 0.05) is 16.5 Å². The molecule has 0 atom stereocenters. The van der Waals surface area contributed by atoms with Crippen LogP contribution in [-0.2, 0) is 16.0 Å². The first-order chi connectivity index (χ1) is 15.4. The highest BCUT2D eigenvalue weighted by molar-refractivity contribution is 9.11. The third-order valence-corrected chi connectivity index (χ3v) is 6.90. The van der Waals surface area contributed by atoms with Crippen molar-refractivity contribution in [3.63, 3.8) is 0 Å². The van der Waals surface area contributed by atoms with Gasteiger partial charge < -0.3 is 9.47 Å². The smallest absolute Gasteiger partial charge is 0.363 e. The standard InChI is InChI=1S/C25H18Br3NO3/c1-15-11-18(7-8-19(15)26)24-29-22(25(30)32-24)14-17-12-20(27)23(21(28)13-17)31-10-9-16-5-3-2-4-6-16/h2-8,11-14H,9-10H2,1H3/b22-14+. The molecule has 4 rings (SSSR count). The van der Waals surface area contributed by atoms with Gasteiger partial charge in [-0.25, -0.2) is 9.79 Å². The maximum Gasteiger partial charge on any atom is 0.363 e. The average molecular weight is 620 g/mol. The largest absolute Gasteiger partial charge is 0.491 e. The quantitative estimate of drug-likeness (QED) is 0.216. The van der Waals surface area contributed by atoms with Crippen molar-refractivity contribution in [2.75, 3.05) is 6.61 Å². The Kier molecular flexibility index (Phi) is 7.28. The SMILES string of the molecule is Cc1cc(C2=N/C(=C/c3cc(Br)c(OCCc4ccccc4)c(Br)c3)C(=O)O2)ccc1Br. The molecular weight excluding hydrogens is 602 g/mol. The van der Waals surface area contributed by atoms with Crippen molar-refractivity contribution in [2.24, 2.45) is 4.99 Å². The first-order valence-electron chi connectivity index (χ1n) is 9.85. The lowest BCUT2D eigenvalue weighted by atomic mass is 10.1. The number of hydrogen-bond acceptors (Lipinski definition) is 4. The number of carbonyl (C=O) groups excluding carboxylic acids is 1. The number of cyclic esters (lactones) is 1. The molecule has 0 saturated heterocycles. The van der Waals surface area contributed by atoms with Crippen LogP contribution in [0.15, 0.2) is 84.8 Å². The maximum atomic E-state index is 12.4. The second-order valence-corrected chi connectivity index (χ2v) is 9.76. The van der Waals surface area contributed by atoms with Gasteiger partial charge in [-0.3, -0.25) is 0 Å². The van der Waals surface area contributed by atoms with Gasteiger partial charge in [-0.2, -0.15) is 0 Å². The van der Waals surface area contributed by atoms with E-state index in [2.05, 4.69) is 64.9 Å². The van der Waals surface area contributed by atoms with Crippen molar-refractivity contribution in [2.45, 2.75) is 13.3 Å². The maximum absolute atomic E-state index is 12.4. The number of ether oxygens (including phenoxy) is 2. The molecule has 0 bridgehead atoms. The van der Waals surface area contributed by atoms with Crippen molar-refractivity contribution < 1.29 is 14.3 Å². The number of carbonyl (C=O) groups is 1. The van der Waals surface area contributed by atoms with Gasteiger partial charge in [0.1, 0.15) is 5.75 Å². The van der Waals surface area contributed by atoms with E-state index in [0.29, 0.717) is 18.3 Å². The van der Waals surface area contributed by atoms with E-state index < -0.39 is 5.97 Å². The van der Waals surface area contributed by atoms with Gasteiger partial charge in [-0.05, 0) is 91.9 Å².